The Morgan fingerprint density at radius 3 is 2.91 bits per heavy atom. The molecule has 4 unspecified atom stereocenters. The summed E-state index contributed by atoms with van der Waals surface area (Å²) in [7, 11) is 0. The zero-order valence-corrected chi connectivity index (χ0v) is 14.1. The number of nitrogens with zero attached hydrogens (tertiary/aromatic N) is 1. The summed E-state index contributed by atoms with van der Waals surface area (Å²) in [6, 6.07) is 7.85. The van der Waals surface area contributed by atoms with E-state index in [9.17, 15) is 9.59 Å². The number of para-hydroxylation sites is 1. The Morgan fingerprint density at radius 2 is 2.17 bits per heavy atom. The fourth-order valence-corrected chi connectivity index (χ4v) is 5.51. The van der Waals surface area contributed by atoms with Gasteiger partial charge in [-0.15, -0.1) is 0 Å². The molecule has 5 heteroatoms. The average Bonchev–Trinajstić information content (AvgIpc) is 3.22. The number of aromatic nitrogens is 1. The van der Waals surface area contributed by atoms with Crippen LogP contribution in [0.1, 0.15) is 32.6 Å². The molecule has 2 aliphatic carbocycles. The highest BCUT2D eigenvalue weighted by atomic mass is 32.1. The maximum atomic E-state index is 12.4. The third kappa shape index (κ3) is 2.71. The molecule has 0 radical (unpaired) electrons. The van der Waals surface area contributed by atoms with Crippen molar-refractivity contribution >= 4 is 27.5 Å². The van der Waals surface area contributed by atoms with E-state index in [-0.39, 0.29) is 23.4 Å². The van der Waals surface area contributed by atoms with Gasteiger partial charge in [0.1, 0.15) is 6.54 Å². The summed E-state index contributed by atoms with van der Waals surface area (Å²) in [5.41, 5.74) is 0.852. The molecule has 0 saturated heterocycles. The maximum absolute atomic E-state index is 12.4. The molecule has 1 N–H and O–H groups in total. The monoisotopic (exact) mass is 330 g/mol. The van der Waals surface area contributed by atoms with Crippen molar-refractivity contribution in [3.05, 3.63) is 33.9 Å². The van der Waals surface area contributed by atoms with Crippen LogP contribution in [0.4, 0.5) is 0 Å². The van der Waals surface area contributed by atoms with Crippen molar-refractivity contribution in [1.82, 2.24) is 9.88 Å². The van der Waals surface area contributed by atoms with Gasteiger partial charge in [-0.05, 0) is 56.1 Å². The van der Waals surface area contributed by atoms with Gasteiger partial charge in [-0.2, -0.15) is 0 Å². The van der Waals surface area contributed by atoms with Crippen LogP contribution in [0.2, 0.25) is 0 Å². The zero-order valence-electron chi connectivity index (χ0n) is 13.3. The molecule has 1 amide bonds. The van der Waals surface area contributed by atoms with Crippen LogP contribution in [0, 0.1) is 17.8 Å². The number of rotatable bonds is 4. The fourth-order valence-electron chi connectivity index (χ4n) is 4.62. The summed E-state index contributed by atoms with van der Waals surface area (Å²) in [5, 5.41) is 3.14. The fraction of sp³-hybridized carbons (Fsp3) is 0.556. The molecule has 0 aliphatic heterocycles. The molecule has 2 fully saturated rings. The van der Waals surface area contributed by atoms with Gasteiger partial charge in [0.2, 0.25) is 5.91 Å². The van der Waals surface area contributed by atoms with Gasteiger partial charge < -0.3 is 5.32 Å². The maximum Gasteiger partial charge on any atom is 0.308 e. The number of hydrogen-bond acceptors (Lipinski definition) is 3. The first kappa shape index (κ1) is 14.9. The first-order valence-corrected chi connectivity index (χ1v) is 9.31. The lowest BCUT2D eigenvalue weighted by Crippen LogP contribution is -2.42. The van der Waals surface area contributed by atoms with Crippen LogP contribution in [0.3, 0.4) is 0 Å². The summed E-state index contributed by atoms with van der Waals surface area (Å²) in [6.45, 7) is 2.24. The van der Waals surface area contributed by atoms with Crippen LogP contribution in [0.5, 0.6) is 0 Å². The highest BCUT2D eigenvalue weighted by molar-refractivity contribution is 7.16. The van der Waals surface area contributed by atoms with Crippen LogP contribution in [0.15, 0.2) is 29.1 Å². The Bertz CT molecular complexity index is 794. The SMILES string of the molecule is CC(NC(=O)Cn1c(=O)sc2ccccc21)C1CC2CCC1C2. The number of benzene rings is 1. The van der Waals surface area contributed by atoms with Crippen molar-refractivity contribution in [3.63, 3.8) is 0 Å². The van der Waals surface area contributed by atoms with Gasteiger partial charge in [0, 0.05) is 6.04 Å². The first-order chi connectivity index (χ1) is 11.1. The first-order valence-electron chi connectivity index (χ1n) is 8.49. The minimum absolute atomic E-state index is 0.0501. The average molecular weight is 330 g/mol. The number of thiazole rings is 1. The minimum Gasteiger partial charge on any atom is -0.352 e. The Labute approximate surface area is 139 Å². The molecule has 4 rings (SSSR count). The van der Waals surface area contributed by atoms with Gasteiger partial charge in [-0.1, -0.05) is 29.9 Å². The van der Waals surface area contributed by atoms with Crippen LogP contribution in [-0.2, 0) is 11.3 Å². The predicted octanol–water partition coefficient (Wildman–Crippen LogP) is 3.00. The van der Waals surface area contributed by atoms with E-state index < -0.39 is 0 Å². The molecular weight excluding hydrogens is 308 g/mol. The second-order valence-corrected chi connectivity index (χ2v) is 8.11. The summed E-state index contributed by atoms with van der Waals surface area (Å²) in [6.07, 6.45) is 5.30. The zero-order chi connectivity index (χ0) is 16.0. The van der Waals surface area contributed by atoms with Gasteiger partial charge in [-0.25, -0.2) is 0 Å². The minimum atomic E-state index is -0.0612. The smallest absolute Gasteiger partial charge is 0.308 e. The van der Waals surface area contributed by atoms with E-state index in [0.29, 0.717) is 5.92 Å². The lowest BCUT2D eigenvalue weighted by Gasteiger charge is -2.28. The number of amides is 1. The van der Waals surface area contributed by atoms with E-state index in [4.69, 9.17) is 0 Å². The van der Waals surface area contributed by atoms with Crippen molar-refractivity contribution in [3.8, 4) is 0 Å². The lowest BCUT2D eigenvalue weighted by molar-refractivity contribution is -0.122. The van der Waals surface area contributed by atoms with E-state index in [0.717, 1.165) is 22.1 Å². The summed E-state index contributed by atoms with van der Waals surface area (Å²) in [5.74, 6) is 2.24. The molecule has 23 heavy (non-hydrogen) atoms. The molecular formula is C18H22N2O2S. The van der Waals surface area contributed by atoms with E-state index in [1.54, 1.807) is 4.57 Å². The normalized spacial score (nSPS) is 27.4. The largest absolute Gasteiger partial charge is 0.352 e. The molecule has 1 aromatic carbocycles. The second kappa shape index (κ2) is 5.78. The Hall–Kier alpha value is -1.62. The van der Waals surface area contributed by atoms with Gasteiger partial charge in [-0.3, -0.25) is 14.2 Å². The molecule has 122 valence electrons. The van der Waals surface area contributed by atoms with Crippen LogP contribution < -0.4 is 10.2 Å². The van der Waals surface area contributed by atoms with Crippen molar-refractivity contribution in [2.75, 3.05) is 0 Å². The number of nitrogens with one attached hydrogen (secondary N) is 1. The highest BCUT2D eigenvalue weighted by Crippen LogP contribution is 2.49. The van der Waals surface area contributed by atoms with Gasteiger partial charge in [0.15, 0.2) is 0 Å². The Kier molecular flexibility index (Phi) is 3.76. The quantitative estimate of drug-likeness (QED) is 0.937. The van der Waals surface area contributed by atoms with E-state index in [1.165, 1.54) is 37.0 Å². The van der Waals surface area contributed by atoms with Gasteiger partial charge in [0.05, 0.1) is 10.2 Å². The molecule has 2 bridgehead atoms. The van der Waals surface area contributed by atoms with E-state index in [1.807, 2.05) is 24.3 Å². The predicted molar refractivity (Wildman–Crippen MR) is 92.6 cm³/mol. The summed E-state index contributed by atoms with van der Waals surface area (Å²) < 4.78 is 2.52. The molecule has 0 spiro atoms. The standard InChI is InChI=1S/C18H22N2O2S/c1-11(14-9-12-6-7-13(14)8-12)19-17(21)10-20-15-4-2-3-5-16(15)23-18(20)22/h2-5,11-14H,6-10H2,1H3,(H,19,21). The van der Waals surface area contributed by atoms with Gasteiger partial charge >= 0.3 is 4.87 Å². The van der Waals surface area contributed by atoms with Crippen molar-refractivity contribution < 1.29 is 4.79 Å². The Morgan fingerprint density at radius 1 is 1.35 bits per heavy atom. The third-order valence-electron chi connectivity index (χ3n) is 5.70. The topological polar surface area (TPSA) is 51.1 Å². The van der Waals surface area contributed by atoms with Crippen molar-refractivity contribution in [1.29, 1.82) is 0 Å². The van der Waals surface area contributed by atoms with Crippen molar-refractivity contribution in [2.45, 2.75) is 45.2 Å². The molecule has 1 aromatic heterocycles. The molecule has 1 heterocycles. The summed E-state index contributed by atoms with van der Waals surface area (Å²) >= 11 is 1.20. The third-order valence-corrected chi connectivity index (χ3v) is 6.66. The number of hydrogen-bond donors (Lipinski definition) is 1. The molecule has 2 aromatic rings. The van der Waals surface area contributed by atoms with Crippen LogP contribution >= 0.6 is 11.3 Å². The number of carbonyl (C=O) groups excluding carboxylic acids is 1. The lowest BCUT2D eigenvalue weighted by atomic mass is 9.84. The van der Waals surface area contributed by atoms with Gasteiger partial charge in [0.25, 0.3) is 0 Å². The highest BCUT2D eigenvalue weighted by Gasteiger charge is 2.42. The van der Waals surface area contributed by atoms with Crippen LogP contribution in [-0.4, -0.2) is 16.5 Å². The molecule has 2 saturated carbocycles. The molecule has 4 nitrogen and oxygen atoms in total. The van der Waals surface area contributed by atoms with E-state index in [2.05, 4.69) is 12.2 Å². The van der Waals surface area contributed by atoms with E-state index >= 15 is 0 Å². The molecule has 4 atom stereocenters. The van der Waals surface area contributed by atoms with Crippen LogP contribution in [0.25, 0.3) is 10.2 Å². The summed E-state index contributed by atoms with van der Waals surface area (Å²) in [4.78, 5) is 24.5. The Balaban J connectivity index is 1.45. The second-order valence-electron chi connectivity index (χ2n) is 7.12. The van der Waals surface area contributed by atoms with Crippen molar-refractivity contribution in [2.24, 2.45) is 17.8 Å². The molecule has 2 aliphatic rings. The number of fused-ring (bicyclic) bond motifs is 3. The number of carbonyl (C=O) groups is 1.